The van der Waals surface area contributed by atoms with Gasteiger partial charge in [-0.2, -0.15) is 0 Å². The lowest BCUT2D eigenvalue weighted by atomic mass is 10.0. The van der Waals surface area contributed by atoms with Crippen molar-refractivity contribution in [3.8, 4) is 0 Å². The molecule has 2 aromatic carbocycles. The monoisotopic (exact) mass is 328 g/mol. The summed E-state index contributed by atoms with van der Waals surface area (Å²) in [7, 11) is 0. The number of piperidine rings is 1. The van der Waals surface area contributed by atoms with Gasteiger partial charge in [-0.05, 0) is 55.2 Å². The van der Waals surface area contributed by atoms with Gasteiger partial charge in [-0.1, -0.05) is 24.3 Å². The Kier molecular flexibility index (Phi) is 5.48. The van der Waals surface area contributed by atoms with Crippen molar-refractivity contribution >= 4 is 5.69 Å². The van der Waals surface area contributed by atoms with E-state index in [-0.39, 0.29) is 18.0 Å². The number of nitrogens with zero attached hydrogens (tertiary/aromatic N) is 1. The second-order valence-electron chi connectivity index (χ2n) is 6.54. The van der Waals surface area contributed by atoms with Crippen LogP contribution in [0.1, 0.15) is 36.9 Å². The van der Waals surface area contributed by atoms with Crippen LogP contribution in [0, 0.1) is 5.82 Å². The summed E-state index contributed by atoms with van der Waals surface area (Å²) in [6, 6.07) is 15.5. The van der Waals surface area contributed by atoms with E-state index < -0.39 is 0 Å². The fourth-order valence-electron chi connectivity index (χ4n) is 3.09. The van der Waals surface area contributed by atoms with Crippen LogP contribution in [0.15, 0.2) is 48.5 Å². The molecule has 3 nitrogen and oxygen atoms in total. The smallest absolute Gasteiger partial charge is 0.123 e. The predicted octanol–water partition coefficient (Wildman–Crippen LogP) is 3.64. The lowest BCUT2D eigenvalue weighted by molar-refractivity contribution is 0.145. The maximum Gasteiger partial charge on any atom is 0.123 e. The van der Waals surface area contributed by atoms with Gasteiger partial charge in [-0.25, -0.2) is 4.39 Å². The largest absolute Gasteiger partial charge is 0.393 e. The number of hydrogen-bond donors (Lipinski definition) is 2. The van der Waals surface area contributed by atoms with Crippen molar-refractivity contribution < 1.29 is 9.50 Å². The number of aliphatic hydroxyl groups excluding tert-OH is 1. The SMILES string of the molecule is CC(NCc1ccc(F)cc1)c1ccc(N2CCC(O)CC2)cc1. The third-order valence-electron chi connectivity index (χ3n) is 4.75. The van der Waals surface area contributed by atoms with Gasteiger partial charge in [0.25, 0.3) is 0 Å². The summed E-state index contributed by atoms with van der Waals surface area (Å²) in [6.45, 7) is 4.68. The van der Waals surface area contributed by atoms with Gasteiger partial charge in [-0.3, -0.25) is 0 Å². The van der Waals surface area contributed by atoms with Crippen molar-refractivity contribution in [2.75, 3.05) is 18.0 Å². The maximum atomic E-state index is 12.9. The quantitative estimate of drug-likeness (QED) is 0.880. The number of benzene rings is 2. The fourth-order valence-corrected chi connectivity index (χ4v) is 3.09. The number of nitrogens with one attached hydrogen (secondary N) is 1. The second kappa shape index (κ2) is 7.77. The average molecular weight is 328 g/mol. The van der Waals surface area contributed by atoms with Gasteiger partial charge in [0, 0.05) is 31.4 Å². The minimum atomic E-state index is -0.201. The van der Waals surface area contributed by atoms with E-state index in [1.807, 2.05) is 12.1 Å². The zero-order chi connectivity index (χ0) is 16.9. The lowest BCUT2D eigenvalue weighted by Crippen LogP contribution is -2.35. The second-order valence-corrected chi connectivity index (χ2v) is 6.54. The Morgan fingerprint density at radius 3 is 2.33 bits per heavy atom. The summed E-state index contributed by atoms with van der Waals surface area (Å²) in [5, 5.41) is 13.1. The van der Waals surface area contributed by atoms with Gasteiger partial charge in [0.2, 0.25) is 0 Å². The summed E-state index contributed by atoms with van der Waals surface area (Å²) in [5.41, 5.74) is 3.53. The molecule has 0 saturated carbocycles. The van der Waals surface area contributed by atoms with E-state index >= 15 is 0 Å². The zero-order valence-corrected chi connectivity index (χ0v) is 14.1. The average Bonchev–Trinajstić information content (AvgIpc) is 2.62. The van der Waals surface area contributed by atoms with E-state index in [1.165, 1.54) is 23.4 Å². The van der Waals surface area contributed by atoms with Crippen LogP contribution in [-0.2, 0) is 6.54 Å². The molecule has 2 N–H and O–H groups in total. The van der Waals surface area contributed by atoms with Gasteiger partial charge in [0.05, 0.1) is 6.10 Å². The molecule has 128 valence electrons. The van der Waals surface area contributed by atoms with Crippen LogP contribution >= 0.6 is 0 Å². The minimum Gasteiger partial charge on any atom is -0.393 e. The Balaban J connectivity index is 1.55. The molecule has 1 aliphatic heterocycles. The molecule has 4 heteroatoms. The van der Waals surface area contributed by atoms with Crippen LogP contribution in [0.3, 0.4) is 0 Å². The van der Waals surface area contributed by atoms with Crippen molar-refractivity contribution in [1.29, 1.82) is 0 Å². The van der Waals surface area contributed by atoms with E-state index in [0.717, 1.165) is 31.5 Å². The Labute approximate surface area is 143 Å². The van der Waals surface area contributed by atoms with E-state index in [2.05, 4.69) is 41.4 Å². The third kappa shape index (κ3) is 4.34. The van der Waals surface area contributed by atoms with E-state index in [4.69, 9.17) is 0 Å². The molecule has 1 aliphatic rings. The Bertz CT molecular complexity index is 634. The molecular formula is C20H25FN2O. The molecule has 0 radical (unpaired) electrons. The van der Waals surface area contributed by atoms with Crippen molar-refractivity contribution in [3.05, 3.63) is 65.5 Å². The third-order valence-corrected chi connectivity index (χ3v) is 4.75. The minimum absolute atomic E-state index is 0.142. The first-order chi connectivity index (χ1) is 11.6. The number of aliphatic hydroxyl groups is 1. The molecule has 0 spiro atoms. The lowest BCUT2D eigenvalue weighted by Gasteiger charge is -2.31. The first-order valence-electron chi connectivity index (χ1n) is 8.62. The number of hydrogen-bond acceptors (Lipinski definition) is 3. The number of halogens is 1. The highest BCUT2D eigenvalue weighted by Crippen LogP contribution is 2.22. The molecule has 1 heterocycles. The van der Waals surface area contributed by atoms with E-state index in [9.17, 15) is 9.50 Å². The van der Waals surface area contributed by atoms with Crippen LogP contribution in [0.2, 0.25) is 0 Å². The molecular weight excluding hydrogens is 303 g/mol. The molecule has 0 aromatic heterocycles. The van der Waals surface area contributed by atoms with Crippen LogP contribution in [0.5, 0.6) is 0 Å². The Morgan fingerprint density at radius 2 is 1.71 bits per heavy atom. The highest BCUT2D eigenvalue weighted by atomic mass is 19.1. The first kappa shape index (κ1) is 16.9. The Morgan fingerprint density at radius 1 is 1.08 bits per heavy atom. The summed E-state index contributed by atoms with van der Waals surface area (Å²) in [6.07, 6.45) is 1.55. The molecule has 3 rings (SSSR count). The molecule has 0 amide bonds. The summed E-state index contributed by atoms with van der Waals surface area (Å²) in [5.74, 6) is -0.201. The molecule has 1 saturated heterocycles. The highest BCUT2D eigenvalue weighted by Gasteiger charge is 2.17. The predicted molar refractivity (Wildman–Crippen MR) is 95.6 cm³/mol. The molecule has 1 atom stereocenters. The van der Waals surface area contributed by atoms with Crippen LogP contribution in [0.25, 0.3) is 0 Å². The molecule has 0 aliphatic carbocycles. The van der Waals surface area contributed by atoms with Gasteiger partial charge in [0.1, 0.15) is 5.82 Å². The van der Waals surface area contributed by atoms with Crippen LogP contribution < -0.4 is 10.2 Å². The summed E-state index contributed by atoms with van der Waals surface area (Å²) < 4.78 is 12.9. The molecule has 1 unspecified atom stereocenters. The van der Waals surface area contributed by atoms with Gasteiger partial charge in [-0.15, -0.1) is 0 Å². The molecule has 0 bridgehead atoms. The normalized spacial score (nSPS) is 17.0. The number of anilines is 1. The van der Waals surface area contributed by atoms with Gasteiger partial charge < -0.3 is 15.3 Å². The van der Waals surface area contributed by atoms with Crippen LogP contribution in [-0.4, -0.2) is 24.3 Å². The highest BCUT2D eigenvalue weighted by molar-refractivity contribution is 5.48. The molecule has 1 fully saturated rings. The topological polar surface area (TPSA) is 35.5 Å². The van der Waals surface area contributed by atoms with E-state index in [1.54, 1.807) is 0 Å². The maximum absolute atomic E-state index is 12.9. The van der Waals surface area contributed by atoms with Gasteiger partial charge in [0.15, 0.2) is 0 Å². The standard InChI is InChI=1S/C20H25FN2O/c1-15(22-14-16-2-6-18(21)7-3-16)17-4-8-19(9-5-17)23-12-10-20(24)11-13-23/h2-9,15,20,22,24H,10-14H2,1H3. The number of rotatable bonds is 5. The molecule has 24 heavy (non-hydrogen) atoms. The fraction of sp³-hybridized carbons (Fsp3) is 0.400. The Hall–Kier alpha value is -1.91. The van der Waals surface area contributed by atoms with E-state index in [0.29, 0.717) is 6.54 Å². The molecule has 2 aromatic rings. The summed E-state index contributed by atoms with van der Waals surface area (Å²) in [4.78, 5) is 2.33. The van der Waals surface area contributed by atoms with Crippen molar-refractivity contribution in [1.82, 2.24) is 5.32 Å². The van der Waals surface area contributed by atoms with Crippen molar-refractivity contribution in [2.24, 2.45) is 0 Å². The first-order valence-corrected chi connectivity index (χ1v) is 8.62. The van der Waals surface area contributed by atoms with Crippen molar-refractivity contribution in [3.63, 3.8) is 0 Å². The zero-order valence-electron chi connectivity index (χ0n) is 14.1. The summed E-state index contributed by atoms with van der Waals surface area (Å²) >= 11 is 0. The van der Waals surface area contributed by atoms with Gasteiger partial charge >= 0.3 is 0 Å². The van der Waals surface area contributed by atoms with Crippen molar-refractivity contribution in [2.45, 2.75) is 38.5 Å². The van der Waals surface area contributed by atoms with Crippen LogP contribution in [0.4, 0.5) is 10.1 Å².